The van der Waals surface area contributed by atoms with Gasteiger partial charge in [0.1, 0.15) is 5.75 Å². The van der Waals surface area contributed by atoms with E-state index in [1.165, 1.54) is 11.6 Å². The summed E-state index contributed by atoms with van der Waals surface area (Å²) in [6, 6.07) is 13.8. The van der Waals surface area contributed by atoms with Gasteiger partial charge in [0, 0.05) is 17.4 Å². The molecule has 1 aromatic heterocycles. The maximum atomic E-state index is 12.3. The Balaban J connectivity index is 1.61. The van der Waals surface area contributed by atoms with E-state index in [2.05, 4.69) is 10.4 Å². The average Bonchev–Trinajstić information content (AvgIpc) is 3.12. The Hall–Kier alpha value is -3.12. The molecule has 0 unspecified atom stereocenters. The predicted molar refractivity (Wildman–Crippen MR) is 103 cm³/mol. The second-order valence-corrected chi connectivity index (χ2v) is 6.44. The first-order valence-electron chi connectivity index (χ1n) is 8.27. The van der Waals surface area contributed by atoms with Crippen molar-refractivity contribution in [2.24, 2.45) is 0 Å². The van der Waals surface area contributed by atoms with Crippen LogP contribution in [0.5, 0.6) is 5.75 Å². The molecule has 2 aromatic carbocycles. The number of hydrogen-bond acceptors (Lipinski definition) is 4. The third kappa shape index (κ3) is 4.74. The van der Waals surface area contributed by atoms with Gasteiger partial charge in [0.05, 0.1) is 5.02 Å². The number of ketones is 1. The monoisotopic (exact) mass is 383 g/mol. The average molecular weight is 384 g/mol. The first kappa shape index (κ1) is 18.7. The van der Waals surface area contributed by atoms with Crippen molar-refractivity contribution in [1.29, 1.82) is 0 Å². The van der Waals surface area contributed by atoms with Crippen LogP contribution in [0.2, 0.25) is 5.02 Å². The van der Waals surface area contributed by atoms with Gasteiger partial charge in [-0.25, -0.2) is 4.68 Å². The number of aromatic nitrogens is 2. The lowest BCUT2D eigenvalue weighted by Crippen LogP contribution is -2.14. The van der Waals surface area contributed by atoms with Crippen molar-refractivity contribution >= 4 is 29.0 Å². The summed E-state index contributed by atoms with van der Waals surface area (Å²) >= 11 is 6.10. The van der Waals surface area contributed by atoms with Crippen LogP contribution in [0.4, 0.5) is 5.69 Å². The second-order valence-electron chi connectivity index (χ2n) is 6.04. The molecule has 0 atom stereocenters. The van der Waals surface area contributed by atoms with Gasteiger partial charge < -0.3 is 10.1 Å². The molecule has 6 nitrogen and oxygen atoms in total. The Morgan fingerprint density at radius 1 is 1.15 bits per heavy atom. The van der Waals surface area contributed by atoms with Crippen LogP contribution in [-0.4, -0.2) is 21.5 Å². The van der Waals surface area contributed by atoms with Crippen molar-refractivity contribution in [2.75, 3.05) is 5.32 Å². The first-order valence-corrected chi connectivity index (χ1v) is 8.65. The van der Waals surface area contributed by atoms with Gasteiger partial charge in [0.25, 0.3) is 5.91 Å². The van der Waals surface area contributed by atoms with Crippen LogP contribution in [0.3, 0.4) is 0 Å². The molecular weight excluding hydrogens is 366 g/mol. The smallest absolute Gasteiger partial charge is 0.276 e. The quantitative estimate of drug-likeness (QED) is 0.643. The van der Waals surface area contributed by atoms with Crippen molar-refractivity contribution in [2.45, 2.75) is 20.6 Å². The highest BCUT2D eigenvalue weighted by Crippen LogP contribution is 2.25. The third-order valence-electron chi connectivity index (χ3n) is 3.86. The van der Waals surface area contributed by atoms with Gasteiger partial charge in [0.2, 0.25) is 0 Å². The van der Waals surface area contributed by atoms with Crippen molar-refractivity contribution in [3.8, 4) is 5.75 Å². The van der Waals surface area contributed by atoms with Gasteiger partial charge in [-0.1, -0.05) is 17.7 Å². The molecule has 3 aromatic rings. The zero-order valence-corrected chi connectivity index (χ0v) is 15.7. The van der Waals surface area contributed by atoms with Crippen molar-refractivity contribution < 1.29 is 14.3 Å². The Morgan fingerprint density at radius 3 is 2.59 bits per heavy atom. The summed E-state index contributed by atoms with van der Waals surface area (Å²) < 4.78 is 7.16. The summed E-state index contributed by atoms with van der Waals surface area (Å²) in [5, 5.41) is 7.46. The van der Waals surface area contributed by atoms with E-state index < -0.39 is 0 Å². The van der Waals surface area contributed by atoms with E-state index in [1.54, 1.807) is 42.6 Å². The lowest BCUT2D eigenvalue weighted by molar-refractivity contribution is 0.101. The number of rotatable bonds is 6. The zero-order valence-electron chi connectivity index (χ0n) is 14.9. The zero-order chi connectivity index (χ0) is 19.4. The molecule has 0 fully saturated rings. The maximum Gasteiger partial charge on any atom is 0.276 e. The molecule has 7 heteroatoms. The van der Waals surface area contributed by atoms with Crippen molar-refractivity contribution in [3.05, 3.63) is 76.6 Å². The highest BCUT2D eigenvalue weighted by molar-refractivity contribution is 6.32. The number of carbonyl (C=O) groups is 2. The van der Waals surface area contributed by atoms with Crippen LogP contribution in [0, 0.1) is 6.92 Å². The minimum atomic E-state index is -0.349. The topological polar surface area (TPSA) is 73.2 Å². The van der Waals surface area contributed by atoms with Gasteiger partial charge in [-0.05, 0) is 61.9 Å². The van der Waals surface area contributed by atoms with Crippen LogP contribution in [0.15, 0.2) is 54.7 Å². The molecule has 1 N–H and O–H groups in total. The minimum Gasteiger partial charge on any atom is -0.470 e. The number of nitrogens with zero attached hydrogens (tertiary/aromatic N) is 2. The summed E-state index contributed by atoms with van der Waals surface area (Å²) in [5.41, 5.74) is 2.46. The molecule has 0 saturated carbocycles. The fourth-order valence-corrected chi connectivity index (χ4v) is 2.57. The number of ether oxygens (including phenoxy) is 1. The van der Waals surface area contributed by atoms with Crippen LogP contribution in [-0.2, 0) is 6.73 Å². The fraction of sp³-hybridized carbons (Fsp3) is 0.150. The molecule has 0 bridgehead atoms. The van der Waals surface area contributed by atoms with E-state index in [4.69, 9.17) is 16.3 Å². The van der Waals surface area contributed by atoms with Crippen molar-refractivity contribution in [3.63, 3.8) is 0 Å². The largest absolute Gasteiger partial charge is 0.470 e. The van der Waals surface area contributed by atoms with Crippen LogP contribution >= 0.6 is 11.6 Å². The van der Waals surface area contributed by atoms with E-state index >= 15 is 0 Å². The van der Waals surface area contributed by atoms with Crippen LogP contribution in [0.1, 0.15) is 33.3 Å². The molecule has 0 saturated heterocycles. The summed E-state index contributed by atoms with van der Waals surface area (Å²) in [6.45, 7) is 3.57. The molecule has 0 radical (unpaired) electrons. The minimum absolute atomic E-state index is 0.0275. The molecular formula is C20H18ClN3O3. The Labute approximate surface area is 161 Å². The number of halogens is 1. The van der Waals surface area contributed by atoms with Gasteiger partial charge in [-0.15, -0.1) is 0 Å². The van der Waals surface area contributed by atoms with E-state index in [9.17, 15) is 9.59 Å². The number of aryl methyl sites for hydroxylation is 1. The molecule has 0 aliphatic carbocycles. The number of anilines is 1. The number of nitrogens with one attached hydrogen (secondary N) is 1. The lowest BCUT2D eigenvalue weighted by atomic mass is 10.1. The SMILES string of the molecule is CC(=O)c1ccc(NC(=O)c2ccn(COc3cc(C)ccc3Cl)n2)cc1. The molecule has 0 spiro atoms. The third-order valence-corrected chi connectivity index (χ3v) is 4.17. The highest BCUT2D eigenvalue weighted by Gasteiger charge is 2.11. The van der Waals surface area contributed by atoms with Gasteiger partial charge in [-0.3, -0.25) is 9.59 Å². The summed E-state index contributed by atoms with van der Waals surface area (Å²) in [6.07, 6.45) is 1.65. The summed E-state index contributed by atoms with van der Waals surface area (Å²) in [7, 11) is 0. The number of Topliss-reactive ketones (excluding diaryl/α,β-unsaturated/α-hetero) is 1. The van der Waals surface area contributed by atoms with E-state index in [0.717, 1.165) is 5.56 Å². The Kier molecular flexibility index (Phi) is 5.57. The first-order chi connectivity index (χ1) is 12.9. The number of amides is 1. The van der Waals surface area contributed by atoms with Gasteiger partial charge >= 0.3 is 0 Å². The lowest BCUT2D eigenvalue weighted by Gasteiger charge is -2.08. The second kappa shape index (κ2) is 8.05. The highest BCUT2D eigenvalue weighted by atomic mass is 35.5. The number of hydrogen-bond donors (Lipinski definition) is 1. The van der Waals surface area contributed by atoms with Gasteiger partial charge in [-0.2, -0.15) is 5.10 Å². The van der Waals surface area contributed by atoms with Crippen LogP contribution in [0.25, 0.3) is 0 Å². The predicted octanol–water partition coefficient (Wildman–Crippen LogP) is 4.34. The van der Waals surface area contributed by atoms with E-state index in [1.807, 2.05) is 19.1 Å². The molecule has 1 heterocycles. The molecule has 27 heavy (non-hydrogen) atoms. The molecule has 0 aliphatic rings. The van der Waals surface area contributed by atoms with Gasteiger partial charge in [0.15, 0.2) is 18.2 Å². The fourth-order valence-electron chi connectivity index (χ4n) is 2.39. The summed E-state index contributed by atoms with van der Waals surface area (Å²) in [4.78, 5) is 23.6. The molecule has 1 amide bonds. The molecule has 0 aliphatic heterocycles. The van der Waals surface area contributed by atoms with E-state index in [0.29, 0.717) is 22.0 Å². The maximum absolute atomic E-state index is 12.3. The summed E-state index contributed by atoms with van der Waals surface area (Å²) in [5.74, 6) is 0.182. The molecule has 3 rings (SSSR count). The Morgan fingerprint density at radius 2 is 1.89 bits per heavy atom. The normalized spacial score (nSPS) is 10.5. The van der Waals surface area contributed by atoms with E-state index in [-0.39, 0.29) is 24.1 Å². The number of benzene rings is 2. The van der Waals surface area contributed by atoms with Crippen molar-refractivity contribution in [1.82, 2.24) is 9.78 Å². The Bertz CT molecular complexity index is 980. The number of carbonyl (C=O) groups excluding carboxylic acids is 2. The standard InChI is InChI=1S/C20H18ClN3O3/c1-13-3-8-17(21)19(11-13)27-12-24-10-9-18(23-24)20(26)22-16-6-4-15(5-7-16)14(2)25/h3-11H,12H2,1-2H3,(H,22,26). The molecule has 138 valence electrons. The van der Waals surface area contributed by atoms with Crippen LogP contribution < -0.4 is 10.1 Å².